The summed E-state index contributed by atoms with van der Waals surface area (Å²) in [6, 6.07) is 15.8. The highest BCUT2D eigenvalue weighted by Crippen LogP contribution is 2.48. The van der Waals surface area contributed by atoms with Crippen molar-refractivity contribution in [2.24, 2.45) is 4.99 Å². The van der Waals surface area contributed by atoms with Gasteiger partial charge in [0.2, 0.25) is 0 Å². The quantitative estimate of drug-likeness (QED) is 0.474. The predicted molar refractivity (Wildman–Crippen MR) is 141 cm³/mol. The molecule has 0 radical (unpaired) electrons. The van der Waals surface area contributed by atoms with E-state index in [-0.39, 0.29) is 6.10 Å². The molecule has 180 valence electrons. The first kappa shape index (κ1) is 25.0. The average molecular weight is 499 g/mol. The summed E-state index contributed by atoms with van der Waals surface area (Å²) in [7, 11) is 0. The van der Waals surface area contributed by atoms with Gasteiger partial charge in [0.15, 0.2) is 0 Å². The Morgan fingerprint density at radius 1 is 1.00 bits per heavy atom. The van der Waals surface area contributed by atoms with Gasteiger partial charge in [0, 0.05) is 28.6 Å². The number of allylic oxidation sites excluding steroid dienone is 2. The lowest BCUT2D eigenvalue weighted by atomic mass is 9.72. The van der Waals surface area contributed by atoms with E-state index in [2.05, 4.69) is 19.2 Å². The fourth-order valence-electron chi connectivity index (χ4n) is 4.83. The molecule has 4 nitrogen and oxygen atoms in total. The maximum Gasteiger partial charge on any atom is 0.128 e. The Labute approximate surface area is 212 Å². The average Bonchev–Trinajstić information content (AvgIpc) is 3.06. The lowest BCUT2D eigenvalue weighted by Gasteiger charge is -2.40. The Kier molecular flexibility index (Phi) is 6.73. The van der Waals surface area contributed by atoms with Crippen LogP contribution in [0.3, 0.4) is 0 Å². The van der Waals surface area contributed by atoms with Crippen molar-refractivity contribution in [3.05, 3.63) is 93.0 Å². The Morgan fingerprint density at radius 3 is 2.09 bits per heavy atom. The van der Waals surface area contributed by atoms with E-state index < -0.39 is 16.7 Å². The molecule has 2 aromatic rings. The molecule has 0 bridgehead atoms. The van der Waals surface area contributed by atoms with Crippen molar-refractivity contribution in [3.8, 4) is 0 Å². The first-order valence-corrected chi connectivity index (χ1v) is 12.4. The van der Waals surface area contributed by atoms with Gasteiger partial charge in [0.05, 0.1) is 17.2 Å². The highest BCUT2D eigenvalue weighted by Gasteiger charge is 2.53. The van der Waals surface area contributed by atoms with Crippen molar-refractivity contribution in [1.82, 2.24) is 5.32 Å². The molecule has 1 heterocycles. The second-order valence-electron chi connectivity index (χ2n) is 9.82. The summed E-state index contributed by atoms with van der Waals surface area (Å²) < 4.78 is 6.14. The van der Waals surface area contributed by atoms with Gasteiger partial charge in [-0.1, -0.05) is 59.6 Å². The Balaban J connectivity index is 1.85. The zero-order chi connectivity index (χ0) is 24.7. The van der Waals surface area contributed by atoms with E-state index in [1.807, 2.05) is 67.6 Å². The van der Waals surface area contributed by atoms with Gasteiger partial charge in [-0.3, -0.25) is 4.99 Å². The number of nitrogens with one attached hydrogen (secondary N) is 1. The lowest BCUT2D eigenvalue weighted by molar-refractivity contribution is 0.0687. The van der Waals surface area contributed by atoms with E-state index >= 15 is 0 Å². The highest BCUT2D eigenvalue weighted by atomic mass is 35.5. The molecule has 0 amide bonds. The first-order chi connectivity index (χ1) is 16.0. The minimum absolute atomic E-state index is 0.204. The van der Waals surface area contributed by atoms with E-state index in [1.54, 1.807) is 13.8 Å². The van der Waals surface area contributed by atoms with Crippen molar-refractivity contribution in [1.29, 1.82) is 0 Å². The van der Waals surface area contributed by atoms with Crippen LogP contribution in [0, 0.1) is 0 Å². The molecule has 2 aromatic carbocycles. The molecule has 0 fully saturated rings. The smallest absolute Gasteiger partial charge is 0.128 e. The molecule has 3 atom stereocenters. The fraction of sp³-hybridized carbons (Fsp3) is 0.393. The van der Waals surface area contributed by atoms with Crippen molar-refractivity contribution in [3.63, 3.8) is 0 Å². The Hall–Kier alpha value is -2.11. The summed E-state index contributed by atoms with van der Waals surface area (Å²) in [6.45, 7) is 10.5. The molecule has 34 heavy (non-hydrogen) atoms. The monoisotopic (exact) mass is 498 g/mol. The zero-order valence-electron chi connectivity index (χ0n) is 20.3. The second kappa shape index (κ2) is 9.16. The number of hydrogen-bond acceptors (Lipinski definition) is 4. The summed E-state index contributed by atoms with van der Waals surface area (Å²) in [5.74, 6) is 0.791. The molecule has 4 rings (SSSR count). The standard InChI is InChI=1S/C28H32Cl2N2O2/c1-6-34-24-17-20(26(2,3)33)11-16-23(24)25-31-27(4,18-7-12-21(29)13-8-18)28(5,32-25)19-9-14-22(30)15-10-19/h7-16,24,33H,6,17H2,1-5H3,(H,31,32). The van der Waals surface area contributed by atoms with Crippen molar-refractivity contribution >= 4 is 29.0 Å². The number of aliphatic hydroxyl groups is 1. The SMILES string of the molecule is CCOC1CC(C(C)(C)O)=CC=C1C1=NC(C)(c2ccc(Cl)cc2)C(C)(c2ccc(Cl)cc2)N1. The van der Waals surface area contributed by atoms with Crippen LogP contribution >= 0.6 is 23.2 Å². The van der Waals surface area contributed by atoms with Gasteiger partial charge in [-0.25, -0.2) is 0 Å². The predicted octanol–water partition coefficient (Wildman–Crippen LogP) is 6.56. The summed E-state index contributed by atoms with van der Waals surface area (Å²) in [4.78, 5) is 5.30. The van der Waals surface area contributed by atoms with Crippen LogP contribution < -0.4 is 5.32 Å². The van der Waals surface area contributed by atoms with Crippen LogP contribution in [0.5, 0.6) is 0 Å². The van der Waals surface area contributed by atoms with Gasteiger partial charge < -0.3 is 15.2 Å². The summed E-state index contributed by atoms with van der Waals surface area (Å²) in [5, 5.41) is 15.7. The van der Waals surface area contributed by atoms with Crippen molar-refractivity contribution < 1.29 is 9.84 Å². The van der Waals surface area contributed by atoms with Crippen LogP contribution in [0.1, 0.15) is 52.2 Å². The van der Waals surface area contributed by atoms with Gasteiger partial charge in [-0.05, 0) is 75.6 Å². The lowest BCUT2D eigenvalue weighted by Crippen LogP contribution is -2.50. The highest BCUT2D eigenvalue weighted by molar-refractivity contribution is 6.30. The number of benzene rings is 2. The maximum absolute atomic E-state index is 10.6. The first-order valence-electron chi connectivity index (χ1n) is 11.6. The molecule has 2 aliphatic rings. The number of rotatable bonds is 6. The van der Waals surface area contributed by atoms with Crippen LogP contribution in [-0.2, 0) is 15.8 Å². The van der Waals surface area contributed by atoms with E-state index in [1.165, 1.54) is 0 Å². The molecular weight excluding hydrogens is 467 g/mol. The number of nitrogens with zero attached hydrogens (tertiary/aromatic N) is 1. The zero-order valence-corrected chi connectivity index (χ0v) is 21.8. The third kappa shape index (κ3) is 4.45. The summed E-state index contributed by atoms with van der Waals surface area (Å²) in [5.41, 5.74) is 1.95. The van der Waals surface area contributed by atoms with Gasteiger partial charge in [0.25, 0.3) is 0 Å². The third-order valence-corrected chi connectivity index (χ3v) is 7.65. The number of ether oxygens (including phenoxy) is 1. The second-order valence-corrected chi connectivity index (χ2v) is 10.7. The maximum atomic E-state index is 10.6. The van der Waals surface area contributed by atoms with Crippen LogP contribution in [-0.4, -0.2) is 29.3 Å². The number of amidine groups is 1. The minimum Gasteiger partial charge on any atom is -0.386 e. The molecule has 0 saturated heterocycles. The molecule has 6 heteroatoms. The van der Waals surface area contributed by atoms with Crippen LogP contribution in [0.25, 0.3) is 0 Å². The molecule has 2 N–H and O–H groups in total. The third-order valence-electron chi connectivity index (χ3n) is 7.15. The van der Waals surface area contributed by atoms with E-state index in [0.29, 0.717) is 23.1 Å². The molecular formula is C28H32Cl2N2O2. The molecule has 1 aliphatic heterocycles. The number of aliphatic imine (C=N–C) groups is 1. The topological polar surface area (TPSA) is 53.9 Å². The van der Waals surface area contributed by atoms with Crippen molar-refractivity contribution in [2.75, 3.05) is 6.61 Å². The van der Waals surface area contributed by atoms with Crippen LogP contribution in [0.4, 0.5) is 0 Å². The largest absolute Gasteiger partial charge is 0.386 e. The molecule has 3 unspecified atom stereocenters. The van der Waals surface area contributed by atoms with E-state index in [0.717, 1.165) is 28.1 Å². The minimum atomic E-state index is -0.905. The molecule has 1 aliphatic carbocycles. The van der Waals surface area contributed by atoms with E-state index in [4.69, 9.17) is 32.9 Å². The van der Waals surface area contributed by atoms with Gasteiger partial charge >= 0.3 is 0 Å². The van der Waals surface area contributed by atoms with Gasteiger partial charge in [0.1, 0.15) is 11.4 Å². The van der Waals surface area contributed by atoms with Gasteiger partial charge in [-0.2, -0.15) is 0 Å². The van der Waals surface area contributed by atoms with Crippen LogP contribution in [0.2, 0.25) is 10.0 Å². The number of halogens is 2. The van der Waals surface area contributed by atoms with Crippen molar-refractivity contribution in [2.45, 2.75) is 63.8 Å². The molecule has 0 aromatic heterocycles. The van der Waals surface area contributed by atoms with E-state index in [9.17, 15) is 5.11 Å². The molecule has 0 saturated carbocycles. The summed E-state index contributed by atoms with van der Waals surface area (Å²) >= 11 is 12.4. The number of hydrogen-bond donors (Lipinski definition) is 2. The normalized spacial score (nSPS) is 27.1. The Bertz CT molecular complexity index is 1150. The fourth-order valence-corrected chi connectivity index (χ4v) is 5.09. The molecule has 0 spiro atoms. The summed E-state index contributed by atoms with van der Waals surface area (Å²) in [6.07, 6.45) is 4.43. The van der Waals surface area contributed by atoms with Crippen LogP contribution in [0.15, 0.2) is 76.8 Å². The Morgan fingerprint density at radius 2 is 1.56 bits per heavy atom. The van der Waals surface area contributed by atoms with Gasteiger partial charge in [-0.15, -0.1) is 0 Å².